The first kappa shape index (κ1) is 20.3. The van der Waals surface area contributed by atoms with Crippen LogP contribution in [0.5, 0.6) is 0 Å². The van der Waals surface area contributed by atoms with E-state index in [4.69, 9.17) is 0 Å². The molecule has 0 N–H and O–H groups in total. The molecule has 0 radical (unpaired) electrons. The monoisotopic (exact) mass is 265 g/mol. The molecule has 0 amide bonds. The Balaban J connectivity index is 0. The second-order valence-corrected chi connectivity index (χ2v) is 3.88. The summed E-state index contributed by atoms with van der Waals surface area (Å²) in [5.41, 5.74) is 2.97. The van der Waals surface area contributed by atoms with Gasteiger partial charge in [-0.25, -0.2) is 0 Å². The summed E-state index contributed by atoms with van der Waals surface area (Å²) >= 11 is 0. The summed E-state index contributed by atoms with van der Waals surface area (Å²) in [6.45, 7) is 17.8. The Kier molecular flexibility index (Phi) is 14.4. The zero-order valence-electron chi connectivity index (χ0n) is 14.5. The van der Waals surface area contributed by atoms with Crippen molar-refractivity contribution in [3.63, 3.8) is 0 Å². The summed E-state index contributed by atoms with van der Waals surface area (Å²) in [6.07, 6.45) is 2.45. The number of anilines is 1. The van der Waals surface area contributed by atoms with E-state index in [9.17, 15) is 0 Å². The van der Waals surface area contributed by atoms with Gasteiger partial charge in [-0.1, -0.05) is 66.7 Å². The van der Waals surface area contributed by atoms with Crippen molar-refractivity contribution < 1.29 is 0 Å². The van der Waals surface area contributed by atoms with Crippen molar-refractivity contribution in [2.75, 3.05) is 11.4 Å². The topological polar surface area (TPSA) is 3.24 Å². The Morgan fingerprint density at radius 3 is 2.05 bits per heavy atom. The molecule has 0 fully saturated rings. The quantitative estimate of drug-likeness (QED) is 0.641. The Morgan fingerprint density at radius 2 is 1.53 bits per heavy atom. The second kappa shape index (κ2) is 13.5. The molecule has 0 aliphatic carbocycles. The predicted molar refractivity (Wildman–Crippen MR) is 91.3 cm³/mol. The number of benzene rings is 1. The molecule has 1 heterocycles. The van der Waals surface area contributed by atoms with Gasteiger partial charge in [-0.3, -0.25) is 0 Å². The third-order valence-corrected chi connectivity index (χ3v) is 2.81. The molecule has 112 valence electrons. The van der Waals surface area contributed by atoms with Crippen LogP contribution >= 0.6 is 0 Å². The molecule has 0 aromatic heterocycles. The van der Waals surface area contributed by atoms with Gasteiger partial charge in [0.05, 0.1) is 0 Å². The summed E-state index contributed by atoms with van der Waals surface area (Å²) < 4.78 is 0. The largest absolute Gasteiger partial charge is 0.368 e. The maximum absolute atomic E-state index is 2.52. The minimum absolute atomic E-state index is 0.692. The zero-order chi connectivity index (χ0) is 15.3. The number of hydrogen-bond acceptors (Lipinski definition) is 1. The molecule has 1 atom stereocenters. The third kappa shape index (κ3) is 6.13. The molecule has 0 bridgehead atoms. The highest BCUT2D eigenvalue weighted by Crippen LogP contribution is 2.31. The zero-order valence-corrected chi connectivity index (χ0v) is 14.5. The van der Waals surface area contributed by atoms with Crippen molar-refractivity contribution in [2.24, 2.45) is 0 Å². The van der Waals surface area contributed by atoms with Crippen molar-refractivity contribution in [1.82, 2.24) is 0 Å². The first-order valence-electron chi connectivity index (χ1n) is 8.17. The number of fused-ring (bicyclic) bond motifs is 1. The summed E-state index contributed by atoms with van der Waals surface area (Å²) in [6, 6.07) is 9.47. The predicted octanol–water partition coefficient (Wildman–Crippen LogP) is 5.93. The molecule has 0 saturated carbocycles. The van der Waals surface area contributed by atoms with E-state index in [1.807, 2.05) is 41.5 Å². The van der Waals surface area contributed by atoms with Gasteiger partial charge in [0.15, 0.2) is 0 Å². The van der Waals surface area contributed by atoms with Crippen molar-refractivity contribution in [1.29, 1.82) is 0 Å². The van der Waals surface area contributed by atoms with Gasteiger partial charge in [0, 0.05) is 18.3 Å². The van der Waals surface area contributed by atoms with Crippen LogP contribution in [0.3, 0.4) is 0 Å². The van der Waals surface area contributed by atoms with Gasteiger partial charge in [-0.2, -0.15) is 0 Å². The minimum Gasteiger partial charge on any atom is -0.368 e. The molecule has 19 heavy (non-hydrogen) atoms. The molecular weight excluding hydrogens is 230 g/mol. The molecule has 1 aliphatic rings. The van der Waals surface area contributed by atoms with Crippen molar-refractivity contribution in [3.05, 3.63) is 29.8 Å². The lowest BCUT2D eigenvalue weighted by Crippen LogP contribution is -2.29. The Bertz CT molecular complexity index is 293. The van der Waals surface area contributed by atoms with Crippen molar-refractivity contribution in [3.8, 4) is 0 Å². The number of rotatable bonds is 2. The first-order valence-corrected chi connectivity index (χ1v) is 8.17. The number of hydrogen-bond donors (Lipinski definition) is 0. The summed E-state index contributed by atoms with van der Waals surface area (Å²) in [7, 11) is 0. The van der Waals surface area contributed by atoms with Crippen LogP contribution in [0.2, 0.25) is 0 Å². The van der Waals surface area contributed by atoms with Gasteiger partial charge in [-0.05, 0) is 31.4 Å². The molecule has 1 aromatic rings. The summed E-state index contributed by atoms with van der Waals surface area (Å²) in [4.78, 5) is 2.52. The van der Waals surface area contributed by atoms with E-state index < -0.39 is 0 Å². The SMILES string of the molecule is CC.CC.CC.CCCN1c2ccccc2CC1C. The van der Waals surface area contributed by atoms with E-state index >= 15 is 0 Å². The third-order valence-electron chi connectivity index (χ3n) is 2.81. The van der Waals surface area contributed by atoms with E-state index in [0.29, 0.717) is 6.04 Å². The maximum Gasteiger partial charge on any atom is 0.0402 e. The molecule has 1 unspecified atom stereocenters. The first-order chi connectivity index (χ1) is 9.33. The number of para-hydroxylation sites is 1. The van der Waals surface area contributed by atoms with Crippen molar-refractivity contribution in [2.45, 2.75) is 74.3 Å². The van der Waals surface area contributed by atoms with Crippen LogP contribution in [0, 0.1) is 0 Å². The highest BCUT2D eigenvalue weighted by molar-refractivity contribution is 5.59. The highest BCUT2D eigenvalue weighted by atomic mass is 15.2. The Labute approximate surface area is 122 Å². The van der Waals surface area contributed by atoms with Crippen LogP contribution in [0.25, 0.3) is 0 Å². The highest BCUT2D eigenvalue weighted by Gasteiger charge is 2.23. The van der Waals surface area contributed by atoms with Crippen molar-refractivity contribution >= 4 is 5.69 Å². The normalized spacial score (nSPS) is 14.9. The second-order valence-electron chi connectivity index (χ2n) is 3.88. The van der Waals surface area contributed by atoms with Gasteiger partial charge >= 0.3 is 0 Å². The van der Waals surface area contributed by atoms with Gasteiger partial charge < -0.3 is 4.90 Å². The van der Waals surface area contributed by atoms with Crippen LogP contribution in [0.4, 0.5) is 5.69 Å². The lowest BCUT2D eigenvalue weighted by molar-refractivity contribution is 0.663. The van der Waals surface area contributed by atoms with Crippen LogP contribution < -0.4 is 4.90 Å². The van der Waals surface area contributed by atoms with E-state index in [2.05, 4.69) is 43.0 Å². The number of nitrogens with zero attached hydrogens (tertiary/aromatic N) is 1. The minimum atomic E-state index is 0.692. The fourth-order valence-electron chi connectivity index (χ4n) is 2.21. The molecule has 1 aliphatic heterocycles. The standard InChI is InChI=1S/C12H17N.3C2H6/c1-3-8-13-10(2)9-11-6-4-5-7-12(11)13;3*1-2/h4-7,10H,3,8-9H2,1-2H3;3*1-2H3. The Morgan fingerprint density at radius 1 is 1.00 bits per heavy atom. The van der Waals surface area contributed by atoms with Gasteiger partial charge in [0.1, 0.15) is 0 Å². The molecule has 2 rings (SSSR count). The molecule has 1 aromatic carbocycles. The molecule has 0 saturated heterocycles. The Hall–Kier alpha value is -0.980. The summed E-state index contributed by atoms with van der Waals surface area (Å²) in [5, 5.41) is 0. The van der Waals surface area contributed by atoms with E-state index in [1.54, 1.807) is 0 Å². The van der Waals surface area contributed by atoms with E-state index in [1.165, 1.54) is 30.6 Å². The van der Waals surface area contributed by atoms with E-state index in [0.717, 1.165) is 0 Å². The molecule has 1 nitrogen and oxygen atoms in total. The lowest BCUT2D eigenvalue weighted by Gasteiger charge is -2.23. The van der Waals surface area contributed by atoms with Crippen LogP contribution in [0.15, 0.2) is 24.3 Å². The fraction of sp³-hybridized carbons (Fsp3) is 0.667. The van der Waals surface area contributed by atoms with E-state index in [-0.39, 0.29) is 0 Å². The average molecular weight is 265 g/mol. The van der Waals surface area contributed by atoms with Gasteiger partial charge in [-0.15, -0.1) is 0 Å². The molecule has 1 heteroatoms. The molecule has 0 spiro atoms. The smallest absolute Gasteiger partial charge is 0.0402 e. The summed E-state index contributed by atoms with van der Waals surface area (Å²) in [5.74, 6) is 0. The van der Waals surface area contributed by atoms with Gasteiger partial charge in [0.2, 0.25) is 0 Å². The average Bonchev–Trinajstić information content (AvgIpc) is 2.82. The van der Waals surface area contributed by atoms with Crippen LogP contribution in [-0.2, 0) is 6.42 Å². The van der Waals surface area contributed by atoms with Crippen LogP contribution in [-0.4, -0.2) is 12.6 Å². The lowest BCUT2D eigenvalue weighted by atomic mass is 10.1. The fourth-order valence-corrected chi connectivity index (χ4v) is 2.21. The van der Waals surface area contributed by atoms with Gasteiger partial charge in [0.25, 0.3) is 0 Å². The molecular formula is C18H35N. The maximum atomic E-state index is 2.52. The van der Waals surface area contributed by atoms with Crippen LogP contribution in [0.1, 0.15) is 67.4 Å².